The maximum Gasteiger partial charge on any atom is 0.154 e. The molecule has 18 heavy (non-hydrogen) atoms. The third-order valence-electron chi connectivity index (χ3n) is 2.69. The largest absolute Gasteiger partial charge is 0.298 e. The highest BCUT2D eigenvalue weighted by molar-refractivity contribution is 7.91. The number of benzene rings is 2. The van der Waals surface area contributed by atoms with Crippen LogP contribution in [0.25, 0.3) is 10.8 Å². The first-order chi connectivity index (χ1) is 8.46. The lowest BCUT2D eigenvalue weighted by molar-refractivity contribution is -0.116. The maximum atomic E-state index is 11.7. The number of carbonyl (C=O) groups excluding carboxylic acids is 1. The molecule has 2 aromatic rings. The molecule has 2 rings (SSSR count). The molecule has 2 aromatic carbocycles. The lowest BCUT2D eigenvalue weighted by atomic mass is 10.0. The lowest BCUT2D eigenvalue weighted by Crippen LogP contribution is -2.16. The number of hydrogen-bond acceptors (Lipinski definition) is 3. The lowest BCUT2D eigenvalue weighted by Gasteiger charge is -2.05. The van der Waals surface area contributed by atoms with E-state index in [1.807, 2.05) is 42.5 Å². The molecule has 4 heteroatoms. The second-order valence-electron chi connectivity index (χ2n) is 4.42. The Labute approximate surface area is 106 Å². The van der Waals surface area contributed by atoms with Crippen LogP contribution in [0.15, 0.2) is 42.5 Å². The zero-order chi connectivity index (χ0) is 13.2. The maximum absolute atomic E-state index is 11.7. The summed E-state index contributed by atoms with van der Waals surface area (Å²) in [5.41, 5.74) is 0.877. The molecule has 0 atom stereocenters. The number of fused-ring (bicyclic) bond motifs is 1. The normalized spacial score (nSPS) is 11.6. The van der Waals surface area contributed by atoms with Gasteiger partial charge in [-0.2, -0.15) is 0 Å². The summed E-state index contributed by atoms with van der Waals surface area (Å²) >= 11 is 0. The molecule has 0 aliphatic heterocycles. The molecule has 0 amide bonds. The average Bonchev–Trinajstić information content (AvgIpc) is 2.27. The van der Waals surface area contributed by atoms with Gasteiger partial charge >= 0.3 is 0 Å². The second-order valence-corrected chi connectivity index (χ2v) is 6.56. The molecular weight excluding hydrogens is 248 g/mol. The molecule has 0 aliphatic rings. The third kappa shape index (κ3) is 3.17. The fourth-order valence-electron chi connectivity index (χ4n) is 2.00. The summed E-state index contributed by atoms with van der Waals surface area (Å²) in [6, 6.07) is 13.5. The summed E-state index contributed by atoms with van der Waals surface area (Å²) in [6.45, 7) is 0. The summed E-state index contributed by atoms with van der Waals surface area (Å²) in [4.78, 5) is 11.7. The van der Waals surface area contributed by atoms with Crippen LogP contribution in [0.1, 0.15) is 5.56 Å². The van der Waals surface area contributed by atoms with Crippen molar-refractivity contribution in [2.75, 3.05) is 12.0 Å². The van der Waals surface area contributed by atoms with Crippen LogP contribution in [0.5, 0.6) is 0 Å². The van der Waals surface area contributed by atoms with Gasteiger partial charge < -0.3 is 0 Å². The van der Waals surface area contributed by atoms with E-state index in [0.717, 1.165) is 22.6 Å². The van der Waals surface area contributed by atoms with Gasteiger partial charge in [0.05, 0.1) is 0 Å². The number of ketones is 1. The van der Waals surface area contributed by atoms with E-state index in [1.54, 1.807) is 0 Å². The minimum Gasteiger partial charge on any atom is -0.298 e. The minimum absolute atomic E-state index is 0.161. The minimum atomic E-state index is -3.25. The number of hydrogen-bond donors (Lipinski definition) is 0. The van der Waals surface area contributed by atoms with E-state index in [0.29, 0.717) is 0 Å². The zero-order valence-electron chi connectivity index (χ0n) is 10.1. The highest BCUT2D eigenvalue weighted by Crippen LogP contribution is 2.19. The Balaban J connectivity index is 2.30. The van der Waals surface area contributed by atoms with Gasteiger partial charge in [-0.3, -0.25) is 4.79 Å². The summed E-state index contributed by atoms with van der Waals surface area (Å²) in [5.74, 6) is -0.662. The molecule has 0 bridgehead atoms. The summed E-state index contributed by atoms with van der Waals surface area (Å²) in [6.07, 6.45) is 1.24. The van der Waals surface area contributed by atoms with Crippen LogP contribution in [0.4, 0.5) is 0 Å². The van der Waals surface area contributed by atoms with Gasteiger partial charge in [0.2, 0.25) is 0 Å². The molecule has 0 aromatic heterocycles. The quantitative estimate of drug-likeness (QED) is 0.846. The third-order valence-corrected chi connectivity index (χ3v) is 3.54. The van der Waals surface area contributed by atoms with Gasteiger partial charge in [0.1, 0.15) is 5.75 Å². The molecule has 3 nitrogen and oxygen atoms in total. The second kappa shape index (κ2) is 4.90. The average molecular weight is 262 g/mol. The Kier molecular flexibility index (Phi) is 3.48. The predicted molar refractivity (Wildman–Crippen MR) is 72.4 cm³/mol. The van der Waals surface area contributed by atoms with Crippen LogP contribution in [0.2, 0.25) is 0 Å². The Morgan fingerprint density at radius 3 is 2.44 bits per heavy atom. The Bertz CT molecular complexity index is 682. The molecule has 0 spiro atoms. The molecule has 0 heterocycles. The standard InChI is InChI=1S/C14H14O3S/c1-18(16,17)10-13(15)9-12-7-4-6-11-5-2-3-8-14(11)12/h2-8H,9-10H2,1H3. The zero-order valence-corrected chi connectivity index (χ0v) is 10.9. The summed E-state index contributed by atoms with van der Waals surface area (Å²) in [5, 5.41) is 2.06. The number of Topliss-reactive ketones (excluding diaryl/α,β-unsaturated/α-hetero) is 1. The van der Waals surface area contributed by atoms with Crippen molar-refractivity contribution in [3.8, 4) is 0 Å². The van der Waals surface area contributed by atoms with Crippen molar-refractivity contribution in [2.45, 2.75) is 6.42 Å². The fourth-order valence-corrected chi connectivity index (χ4v) is 2.69. The van der Waals surface area contributed by atoms with Crippen LogP contribution in [-0.2, 0) is 21.1 Å². The van der Waals surface area contributed by atoms with Crippen LogP contribution in [-0.4, -0.2) is 26.2 Å². The number of carbonyl (C=O) groups is 1. The molecule has 0 aliphatic carbocycles. The van der Waals surface area contributed by atoms with Crippen molar-refractivity contribution in [1.29, 1.82) is 0 Å². The highest BCUT2D eigenvalue weighted by Gasteiger charge is 2.12. The van der Waals surface area contributed by atoms with Crippen molar-refractivity contribution in [3.05, 3.63) is 48.0 Å². The van der Waals surface area contributed by atoms with Crippen molar-refractivity contribution in [3.63, 3.8) is 0 Å². The molecule has 0 N–H and O–H groups in total. The van der Waals surface area contributed by atoms with Crippen LogP contribution < -0.4 is 0 Å². The molecule has 0 unspecified atom stereocenters. The van der Waals surface area contributed by atoms with Gasteiger partial charge in [-0.15, -0.1) is 0 Å². The first-order valence-corrected chi connectivity index (χ1v) is 7.68. The van der Waals surface area contributed by atoms with Crippen molar-refractivity contribution in [2.24, 2.45) is 0 Å². The smallest absolute Gasteiger partial charge is 0.154 e. The van der Waals surface area contributed by atoms with Gasteiger partial charge in [-0.25, -0.2) is 8.42 Å². The van der Waals surface area contributed by atoms with Crippen molar-refractivity contribution in [1.82, 2.24) is 0 Å². The summed E-state index contributed by atoms with van der Waals surface area (Å²) < 4.78 is 22.1. The SMILES string of the molecule is CS(=O)(=O)CC(=O)Cc1cccc2ccccc12. The van der Waals surface area contributed by atoms with Crippen LogP contribution in [0.3, 0.4) is 0 Å². The van der Waals surface area contributed by atoms with Gasteiger partial charge in [-0.05, 0) is 16.3 Å². The molecule has 0 fully saturated rings. The van der Waals surface area contributed by atoms with Crippen molar-refractivity contribution >= 4 is 26.4 Å². The van der Waals surface area contributed by atoms with Gasteiger partial charge in [0, 0.05) is 12.7 Å². The van der Waals surface area contributed by atoms with E-state index < -0.39 is 15.6 Å². The molecular formula is C14H14O3S. The van der Waals surface area contributed by atoms with Gasteiger partial charge in [0.15, 0.2) is 15.6 Å². The Hall–Kier alpha value is -1.68. The van der Waals surface area contributed by atoms with E-state index in [4.69, 9.17) is 0 Å². The molecule has 94 valence electrons. The van der Waals surface area contributed by atoms with Crippen LogP contribution >= 0.6 is 0 Å². The fraction of sp³-hybridized carbons (Fsp3) is 0.214. The number of rotatable bonds is 4. The van der Waals surface area contributed by atoms with E-state index >= 15 is 0 Å². The topological polar surface area (TPSA) is 51.2 Å². The van der Waals surface area contributed by atoms with Crippen LogP contribution in [0, 0.1) is 0 Å². The van der Waals surface area contributed by atoms with Crippen molar-refractivity contribution < 1.29 is 13.2 Å². The highest BCUT2D eigenvalue weighted by atomic mass is 32.2. The number of sulfone groups is 1. The Morgan fingerprint density at radius 1 is 1.06 bits per heavy atom. The predicted octanol–water partition coefficient (Wildman–Crippen LogP) is 2.00. The molecule has 0 saturated heterocycles. The first kappa shape index (κ1) is 12.8. The van der Waals surface area contributed by atoms with Gasteiger partial charge in [0.25, 0.3) is 0 Å². The van der Waals surface area contributed by atoms with E-state index in [9.17, 15) is 13.2 Å². The van der Waals surface area contributed by atoms with E-state index in [1.165, 1.54) is 0 Å². The van der Waals surface area contributed by atoms with E-state index in [2.05, 4.69) is 0 Å². The van der Waals surface area contributed by atoms with Gasteiger partial charge in [-0.1, -0.05) is 42.5 Å². The summed E-state index contributed by atoms with van der Waals surface area (Å²) in [7, 11) is -3.25. The molecule has 0 radical (unpaired) electrons. The first-order valence-electron chi connectivity index (χ1n) is 5.62. The van der Waals surface area contributed by atoms with E-state index in [-0.39, 0.29) is 12.2 Å². The monoisotopic (exact) mass is 262 g/mol. The molecule has 0 saturated carbocycles. The Morgan fingerprint density at radius 2 is 1.72 bits per heavy atom.